The van der Waals surface area contributed by atoms with Crippen LogP contribution in [0.1, 0.15) is 32.6 Å². The van der Waals surface area contributed by atoms with Gasteiger partial charge in [-0.3, -0.25) is 0 Å². The zero-order valence-electron chi connectivity index (χ0n) is 10.8. The Balaban J connectivity index is 1.84. The molecule has 2 N–H and O–H groups in total. The lowest BCUT2D eigenvalue weighted by molar-refractivity contribution is 0.138. The molecule has 0 spiro atoms. The van der Waals surface area contributed by atoms with E-state index in [9.17, 15) is 5.11 Å². The molecule has 0 amide bonds. The zero-order valence-corrected chi connectivity index (χ0v) is 10.8. The molecule has 1 aliphatic rings. The Morgan fingerprint density at radius 3 is 3.11 bits per heavy atom. The summed E-state index contributed by atoms with van der Waals surface area (Å²) in [6.07, 6.45) is 5.55. The number of hydrogen-bond donors (Lipinski definition) is 2. The van der Waals surface area contributed by atoms with E-state index in [4.69, 9.17) is 4.74 Å². The largest absolute Gasteiger partial charge is 0.478 e. The third kappa shape index (κ3) is 3.57. The highest BCUT2D eigenvalue weighted by molar-refractivity contribution is 5.27. The molecule has 1 aliphatic carbocycles. The predicted octanol–water partition coefficient (Wildman–Crippen LogP) is 1.84. The molecule has 1 aromatic rings. The third-order valence-electron chi connectivity index (χ3n) is 3.23. The Morgan fingerprint density at radius 1 is 1.50 bits per heavy atom. The summed E-state index contributed by atoms with van der Waals surface area (Å²) in [5.41, 5.74) is 0. The Kier molecular flexibility index (Phi) is 4.75. The number of aliphatic hydroxyl groups is 1. The molecule has 100 valence electrons. The van der Waals surface area contributed by atoms with Crippen molar-refractivity contribution in [2.24, 2.45) is 5.92 Å². The molecular weight excluding hydrogens is 230 g/mol. The second-order valence-corrected chi connectivity index (χ2v) is 4.71. The molecule has 1 fully saturated rings. The number of nitrogens with zero attached hydrogens (tertiary/aromatic N) is 2. The SMILES string of the molecule is CCCOc1ccnc(NCC2CCCC2O)n1. The highest BCUT2D eigenvalue weighted by atomic mass is 16.5. The van der Waals surface area contributed by atoms with Crippen molar-refractivity contribution in [2.45, 2.75) is 38.7 Å². The Bertz CT molecular complexity index is 373. The first-order valence-electron chi connectivity index (χ1n) is 6.67. The van der Waals surface area contributed by atoms with Crippen LogP contribution in [0, 0.1) is 5.92 Å². The summed E-state index contributed by atoms with van der Waals surface area (Å²) in [5.74, 6) is 1.48. The van der Waals surface area contributed by atoms with E-state index in [-0.39, 0.29) is 6.10 Å². The summed E-state index contributed by atoms with van der Waals surface area (Å²) < 4.78 is 5.45. The topological polar surface area (TPSA) is 67.3 Å². The van der Waals surface area contributed by atoms with Crippen LogP contribution < -0.4 is 10.1 Å². The van der Waals surface area contributed by atoms with Crippen LogP contribution >= 0.6 is 0 Å². The molecule has 1 heterocycles. The summed E-state index contributed by atoms with van der Waals surface area (Å²) >= 11 is 0. The number of ether oxygens (including phenoxy) is 1. The first kappa shape index (κ1) is 13.1. The minimum Gasteiger partial charge on any atom is -0.478 e. The fourth-order valence-corrected chi connectivity index (χ4v) is 2.19. The van der Waals surface area contributed by atoms with Crippen molar-refractivity contribution >= 4 is 5.95 Å². The number of aliphatic hydroxyl groups excluding tert-OH is 1. The van der Waals surface area contributed by atoms with Crippen molar-refractivity contribution in [2.75, 3.05) is 18.5 Å². The summed E-state index contributed by atoms with van der Waals surface area (Å²) in [6, 6.07) is 1.76. The van der Waals surface area contributed by atoms with Crippen molar-refractivity contribution in [1.82, 2.24) is 9.97 Å². The first-order chi connectivity index (χ1) is 8.79. The standard InChI is InChI=1S/C13H21N3O2/c1-2-8-18-12-6-7-14-13(16-12)15-9-10-4-3-5-11(10)17/h6-7,10-11,17H,2-5,8-9H2,1H3,(H,14,15,16). The van der Waals surface area contributed by atoms with E-state index in [2.05, 4.69) is 22.2 Å². The Labute approximate surface area is 108 Å². The Hall–Kier alpha value is -1.36. The van der Waals surface area contributed by atoms with Crippen LogP contribution in [0.3, 0.4) is 0 Å². The van der Waals surface area contributed by atoms with Crippen LogP contribution in [0.4, 0.5) is 5.95 Å². The van der Waals surface area contributed by atoms with Crippen LogP contribution in [-0.2, 0) is 0 Å². The number of rotatable bonds is 6. The normalized spacial score (nSPS) is 23.0. The van der Waals surface area contributed by atoms with E-state index in [1.807, 2.05) is 0 Å². The molecule has 5 heteroatoms. The van der Waals surface area contributed by atoms with Gasteiger partial charge in [0.05, 0.1) is 12.7 Å². The van der Waals surface area contributed by atoms with Gasteiger partial charge in [-0.1, -0.05) is 13.3 Å². The van der Waals surface area contributed by atoms with Gasteiger partial charge in [0.15, 0.2) is 0 Å². The van der Waals surface area contributed by atoms with E-state index < -0.39 is 0 Å². The van der Waals surface area contributed by atoms with Gasteiger partial charge in [-0.05, 0) is 19.3 Å². The van der Waals surface area contributed by atoms with Gasteiger partial charge in [-0.25, -0.2) is 4.98 Å². The quantitative estimate of drug-likeness (QED) is 0.807. The summed E-state index contributed by atoms with van der Waals surface area (Å²) in [5, 5.41) is 12.9. The van der Waals surface area contributed by atoms with E-state index in [0.717, 1.165) is 32.2 Å². The smallest absolute Gasteiger partial charge is 0.225 e. The van der Waals surface area contributed by atoms with Gasteiger partial charge < -0.3 is 15.2 Å². The van der Waals surface area contributed by atoms with Gasteiger partial charge in [0, 0.05) is 24.7 Å². The molecule has 18 heavy (non-hydrogen) atoms. The van der Waals surface area contributed by atoms with Crippen LogP contribution in [-0.4, -0.2) is 34.3 Å². The van der Waals surface area contributed by atoms with Crippen molar-refractivity contribution in [3.8, 4) is 5.88 Å². The van der Waals surface area contributed by atoms with Gasteiger partial charge in [-0.15, -0.1) is 0 Å². The highest BCUT2D eigenvalue weighted by Crippen LogP contribution is 2.25. The number of aromatic nitrogens is 2. The number of hydrogen-bond acceptors (Lipinski definition) is 5. The van der Waals surface area contributed by atoms with E-state index >= 15 is 0 Å². The van der Waals surface area contributed by atoms with E-state index in [1.54, 1.807) is 12.3 Å². The minimum absolute atomic E-state index is 0.183. The van der Waals surface area contributed by atoms with Crippen molar-refractivity contribution in [3.63, 3.8) is 0 Å². The molecule has 2 atom stereocenters. The van der Waals surface area contributed by atoms with Crippen LogP contribution in [0.2, 0.25) is 0 Å². The second-order valence-electron chi connectivity index (χ2n) is 4.71. The van der Waals surface area contributed by atoms with Crippen LogP contribution in [0.15, 0.2) is 12.3 Å². The molecule has 1 saturated carbocycles. The lowest BCUT2D eigenvalue weighted by atomic mass is 10.1. The molecule has 0 radical (unpaired) electrons. The van der Waals surface area contributed by atoms with Crippen molar-refractivity contribution < 1.29 is 9.84 Å². The summed E-state index contributed by atoms with van der Waals surface area (Å²) in [6.45, 7) is 3.44. The predicted molar refractivity (Wildman–Crippen MR) is 69.7 cm³/mol. The molecule has 0 saturated heterocycles. The molecule has 0 bridgehead atoms. The fraction of sp³-hybridized carbons (Fsp3) is 0.692. The van der Waals surface area contributed by atoms with Crippen LogP contribution in [0.25, 0.3) is 0 Å². The molecule has 1 aromatic heterocycles. The highest BCUT2D eigenvalue weighted by Gasteiger charge is 2.24. The number of nitrogens with one attached hydrogen (secondary N) is 1. The van der Waals surface area contributed by atoms with Crippen molar-refractivity contribution in [1.29, 1.82) is 0 Å². The van der Waals surface area contributed by atoms with Gasteiger partial charge in [0.1, 0.15) is 0 Å². The molecular formula is C13H21N3O2. The lowest BCUT2D eigenvalue weighted by Gasteiger charge is -2.15. The zero-order chi connectivity index (χ0) is 12.8. The van der Waals surface area contributed by atoms with Gasteiger partial charge in [0.25, 0.3) is 0 Å². The summed E-state index contributed by atoms with van der Waals surface area (Å²) in [7, 11) is 0. The van der Waals surface area contributed by atoms with Gasteiger partial charge >= 0.3 is 0 Å². The monoisotopic (exact) mass is 251 g/mol. The molecule has 5 nitrogen and oxygen atoms in total. The van der Waals surface area contributed by atoms with E-state index in [0.29, 0.717) is 24.4 Å². The summed E-state index contributed by atoms with van der Waals surface area (Å²) in [4.78, 5) is 8.42. The van der Waals surface area contributed by atoms with E-state index in [1.165, 1.54) is 0 Å². The third-order valence-corrected chi connectivity index (χ3v) is 3.23. The maximum atomic E-state index is 9.73. The maximum absolute atomic E-state index is 9.73. The van der Waals surface area contributed by atoms with Crippen molar-refractivity contribution in [3.05, 3.63) is 12.3 Å². The van der Waals surface area contributed by atoms with Crippen LogP contribution in [0.5, 0.6) is 5.88 Å². The first-order valence-corrected chi connectivity index (χ1v) is 6.67. The van der Waals surface area contributed by atoms with Gasteiger partial charge in [0.2, 0.25) is 11.8 Å². The van der Waals surface area contributed by atoms with Gasteiger partial charge in [-0.2, -0.15) is 4.98 Å². The average Bonchev–Trinajstić information content (AvgIpc) is 2.80. The fourth-order valence-electron chi connectivity index (χ4n) is 2.19. The lowest BCUT2D eigenvalue weighted by Crippen LogP contribution is -2.22. The number of anilines is 1. The Morgan fingerprint density at radius 2 is 2.39 bits per heavy atom. The minimum atomic E-state index is -0.183. The maximum Gasteiger partial charge on any atom is 0.225 e. The molecule has 0 aliphatic heterocycles. The second kappa shape index (κ2) is 6.54. The average molecular weight is 251 g/mol. The molecule has 0 aromatic carbocycles. The molecule has 2 unspecified atom stereocenters. The molecule has 2 rings (SSSR count).